The predicted molar refractivity (Wildman–Crippen MR) is 43.5 cm³/mol. The van der Waals surface area contributed by atoms with Gasteiger partial charge in [0.2, 0.25) is 0 Å². The third-order valence-electron chi connectivity index (χ3n) is 3.13. The van der Waals surface area contributed by atoms with Gasteiger partial charge in [0.25, 0.3) is 0 Å². The van der Waals surface area contributed by atoms with Gasteiger partial charge in [-0.15, -0.1) is 0 Å². The van der Waals surface area contributed by atoms with Crippen LogP contribution < -0.4 is 0 Å². The molecule has 0 aromatic carbocycles. The Morgan fingerprint density at radius 1 is 1.08 bits per heavy atom. The molecule has 0 aliphatic heterocycles. The Bertz CT molecular complexity index is 242. The topological polar surface area (TPSA) is 93.3 Å². The lowest BCUT2D eigenvalue weighted by molar-refractivity contribution is 0.0401. The molecule has 5 nitrogen and oxygen atoms in total. The van der Waals surface area contributed by atoms with Crippen molar-refractivity contribution in [1.29, 1.82) is 0 Å². The molecule has 4 N–H and O–H groups in total. The van der Waals surface area contributed by atoms with E-state index in [0.717, 1.165) is 0 Å². The van der Waals surface area contributed by atoms with E-state index in [4.69, 9.17) is 5.21 Å². The second kappa shape index (κ2) is 2.94. The number of aliphatic hydroxyl groups excluding tert-OH is 3. The average Bonchev–Trinajstić information content (AvgIpc) is 2.54. The van der Waals surface area contributed by atoms with Crippen LogP contribution in [-0.2, 0) is 0 Å². The maximum Gasteiger partial charge on any atom is 0.0658 e. The van der Waals surface area contributed by atoms with E-state index in [1.807, 2.05) is 0 Å². The fourth-order valence-corrected chi connectivity index (χ4v) is 2.58. The first-order chi connectivity index (χ1) is 6.15. The summed E-state index contributed by atoms with van der Waals surface area (Å²) in [5, 5.41) is 40.2. The Morgan fingerprint density at radius 3 is 2.38 bits per heavy atom. The molecule has 74 valence electrons. The van der Waals surface area contributed by atoms with Crippen LogP contribution in [0.3, 0.4) is 0 Å². The van der Waals surface area contributed by atoms with Gasteiger partial charge in [0.05, 0.1) is 24.0 Å². The summed E-state index contributed by atoms with van der Waals surface area (Å²) in [6.07, 6.45) is -1.56. The molecule has 13 heavy (non-hydrogen) atoms. The normalized spacial score (nSPS) is 52.8. The molecule has 0 aromatic rings. The van der Waals surface area contributed by atoms with E-state index in [-0.39, 0.29) is 24.7 Å². The second-order valence-electron chi connectivity index (χ2n) is 3.84. The van der Waals surface area contributed by atoms with Crippen molar-refractivity contribution >= 4 is 5.71 Å². The SMILES string of the molecule is ON=C1CC(O)C2C(O)CC(O)C12. The third-order valence-corrected chi connectivity index (χ3v) is 3.13. The van der Waals surface area contributed by atoms with Crippen LogP contribution in [0, 0.1) is 11.8 Å². The minimum absolute atomic E-state index is 0.250. The summed E-state index contributed by atoms with van der Waals surface area (Å²) < 4.78 is 0. The number of fused-ring (bicyclic) bond motifs is 1. The average molecular weight is 187 g/mol. The van der Waals surface area contributed by atoms with Gasteiger partial charge < -0.3 is 20.5 Å². The van der Waals surface area contributed by atoms with Crippen molar-refractivity contribution < 1.29 is 20.5 Å². The maximum absolute atomic E-state index is 9.53. The summed E-state index contributed by atoms with van der Waals surface area (Å²) in [4.78, 5) is 0. The molecule has 2 fully saturated rings. The minimum atomic E-state index is -0.692. The Morgan fingerprint density at radius 2 is 1.77 bits per heavy atom. The molecular weight excluding hydrogens is 174 g/mol. The molecule has 0 heterocycles. The van der Waals surface area contributed by atoms with Gasteiger partial charge in [-0.25, -0.2) is 0 Å². The van der Waals surface area contributed by atoms with Crippen molar-refractivity contribution in [3.63, 3.8) is 0 Å². The third kappa shape index (κ3) is 1.15. The fraction of sp³-hybridized carbons (Fsp3) is 0.875. The van der Waals surface area contributed by atoms with Gasteiger partial charge in [0, 0.05) is 24.7 Å². The molecule has 0 amide bonds. The van der Waals surface area contributed by atoms with E-state index < -0.39 is 18.3 Å². The van der Waals surface area contributed by atoms with Gasteiger partial charge in [0.1, 0.15) is 0 Å². The lowest BCUT2D eigenvalue weighted by Crippen LogP contribution is -2.26. The molecule has 5 heteroatoms. The lowest BCUT2D eigenvalue weighted by Gasteiger charge is -2.16. The van der Waals surface area contributed by atoms with E-state index in [1.54, 1.807) is 0 Å². The molecule has 5 atom stereocenters. The van der Waals surface area contributed by atoms with Crippen LogP contribution in [0.15, 0.2) is 5.16 Å². The largest absolute Gasteiger partial charge is 0.411 e. The number of oxime groups is 1. The summed E-state index contributed by atoms with van der Waals surface area (Å²) in [5.74, 6) is -0.726. The quantitative estimate of drug-likeness (QED) is 0.287. The summed E-state index contributed by atoms with van der Waals surface area (Å²) in [6, 6.07) is 0. The smallest absolute Gasteiger partial charge is 0.0658 e. The van der Waals surface area contributed by atoms with Crippen LogP contribution >= 0.6 is 0 Å². The van der Waals surface area contributed by atoms with Crippen LogP contribution in [0.25, 0.3) is 0 Å². The Kier molecular flexibility index (Phi) is 2.02. The number of hydrogen-bond donors (Lipinski definition) is 4. The molecule has 2 saturated carbocycles. The van der Waals surface area contributed by atoms with Crippen molar-refractivity contribution in [3.05, 3.63) is 0 Å². The van der Waals surface area contributed by atoms with Gasteiger partial charge in [-0.1, -0.05) is 5.16 Å². The molecule has 2 rings (SSSR count). The van der Waals surface area contributed by atoms with Crippen molar-refractivity contribution in [1.82, 2.24) is 0 Å². The number of rotatable bonds is 0. The number of nitrogens with zero attached hydrogens (tertiary/aromatic N) is 1. The van der Waals surface area contributed by atoms with Crippen molar-refractivity contribution in [2.24, 2.45) is 17.0 Å². The molecule has 0 bridgehead atoms. The highest BCUT2D eigenvalue weighted by atomic mass is 16.4. The standard InChI is InChI=1S/C8H13NO4/c10-4-1-3(9-13)7-5(11)2-6(12)8(4)7/h4-8,10-13H,1-2H2. The summed E-state index contributed by atoms with van der Waals surface area (Å²) in [5.41, 5.74) is 0.404. The second-order valence-corrected chi connectivity index (χ2v) is 3.84. The highest BCUT2D eigenvalue weighted by Gasteiger charge is 2.52. The zero-order valence-electron chi connectivity index (χ0n) is 7.04. The van der Waals surface area contributed by atoms with Crippen LogP contribution in [0.1, 0.15) is 12.8 Å². The summed E-state index contributed by atoms with van der Waals surface area (Å²) in [6.45, 7) is 0. The summed E-state index contributed by atoms with van der Waals surface area (Å²) >= 11 is 0. The molecule has 0 radical (unpaired) electrons. The van der Waals surface area contributed by atoms with E-state index in [2.05, 4.69) is 5.16 Å². The maximum atomic E-state index is 9.53. The molecule has 2 aliphatic rings. The first-order valence-electron chi connectivity index (χ1n) is 4.40. The fourth-order valence-electron chi connectivity index (χ4n) is 2.58. The van der Waals surface area contributed by atoms with E-state index in [9.17, 15) is 15.3 Å². The van der Waals surface area contributed by atoms with Crippen LogP contribution in [-0.4, -0.2) is 44.6 Å². The minimum Gasteiger partial charge on any atom is -0.411 e. The molecule has 0 aromatic heterocycles. The highest BCUT2D eigenvalue weighted by Crippen LogP contribution is 2.42. The zero-order valence-corrected chi connectivity index (χ0v) is 7.04. The Hall–Kier alpha value is -0.650. The van der Waals surface area contributed by atoms with E-state index in [1.165, 1.54) is 0 Å². The molecule has 0 saturated heterocycles. The monoisotopic (exact) mass is 187 g/mol. The lowest BCUT2D eigenvalue weighted by atomic mass is 9.96. The Labute approximate surface area is 75.3 Å². The van der Waals surface area contributed by atoms with Crippen LogP contribution in [0.4, 0.5) is 0 Å². The first kappa shape index (κ1) is 8.93. The van der Waals surface area contributed by atoms with Crippen molar-refractivity contribution in [2.75, 3.05) is 0 Å². The van der Waals surface area contributed by atoms with Crippen LogP contribution in [0.2, 0.25) is 0 Å². The zero-order chi connectivity index (χ0) is 9.59. The molecule has 0 spiro atoms. The van der Waals surface area contributed by atoms with E-state index in [0.29, 0.717) is 5.71 Å². The van der Waals surface area contributed by atoms with Crippen molar-refractivity contribution in [2.45, 2.75) is 31.2 Å². The van der Waals surface area contributed by atoms with Gasteiger partial charge in [0.15, 0.2) is 0 Å². The molecule has 2 aliphatic carbocycles. The predicted octanol–water partition coefficient (Wildman–Crippen LogP) is -1.06. The van der Waals surface area contributed by atoms with Gasteiger partial charge in [-0.3, -0.25) is 0 Å². The first-order valence-corrected chi connectivity index (χ1v) is 4.40. The van der Waals surface area contributed by atoms with E-state index >= 15 is 0 Å². The Balaban J connectivity index is 2.28. The van der Waals surface area contributed by atoms with Gasteiger partial charge in [-0.2, -0.15) is 0 Å². The van der Waals surface area contributed by atoms with Gasteiger partial charge >= 0.3 is 0 Å². The molecule has 5 unspecified atom stereocenters. The molecular formula is C8H13NO4. The van der Waals surface area contributed by atoms with Crippen LogP contribution in [0.5, 0.6) is 0 Å². The highest BCUT2D eigenvalue weighted by molar-refractivity contribution is 5.90. The van der Waals surface area contributed by atoms with Crippen molar-refractivity contribution in [3.8, 4) is 0 Å². The number of hydrogen-bond acceptors (Lipinski definition) is 5. The summed E-state index contributed by atoms with van der Waals surface area (Å²) in [7, 11) is 0. The number of aliphatic hydroxyl groups is 3. The van der Waals surface area contributed by atoms with Gasteiger partial charge in [-0.05, 0) is 0 Å².